The summed E-state index contributed by atoms with van der Waals surface area (Å²) in [4.78, 5) is 45.7. The first kappa shape index (κ1) is 20.3. The summed E-state index contributed by atoms with van der Waals surface area (Å²) >= 11 is 0. The summed E-state index contributed by atoms with van der Waals surface area (Å²) in [6, 6.07) is 16.7. The first-order chi connectivity index (χ1) is 14.4. The van der Waals surface area contributed by atoms with E-state index in [0.717, 1.165) is 0 Å². The molecule has 0 bridgehead atoms. The Morgan fingerprint density at radius 3 is 2.30 bits per heavy atom. The number of ether oxygens (including phenoxy) is 1. The van der Waals surface area contributed by atoms with Gasteiger partial charge in [0.2, 0.25) is 5.76 Å². The van der Waals surface area contributed by atoms with Crippen LogP contribution in [0.25, 0.3) is 11.3 Å². The number of nitrogens with one attached hydrogen (secondary N) is 2. The standard InChI is InChI=1S/C20H15N3O7/c24-18(21-22-19(25)14-4-2-1-3-5-14)12-29-20(26)17-11-10-16(30-17)13-6-8-15(9-7-13)23(27)28/h1-11H,12H2,(H,21,24)(H,22,25). The first-order valence-electron chi connectivity index (χ1n) is 8.60. The van der Waals surface area contributed by atoms with Crippen molar-refractivity contribution >= 4 is 23.5 Å². The van der Waals surface area contributed by atoms with Crippen molar-refractivity contribution in [2.24, 2.45) is 0 Å². The van der Waals surface area contributed by atoms with Crippen LogP contribution in [0.2, 0.25) is 0 Å². The number of rotatable bonds is 6. The van der Waals surface area contributed by atoms with Gasteiger partial charge in [-0.3, -0.25) is 30.6 Å². The van der Waals surface area contributed by atoms with E-state index >= 15 is 0 Å². The number of non-ortho nitro benzene ring substituents is 1. The molecule has 0 atom stereocenters. The molecule has 1 aromatic heterocycles. The third-order valence-corrected chi connectivity index (χ3v) is 3.86. The number of benzene rings is 2. The molecule has 10 nitrogen and oxygen atoms in total. The number of carbonyl (C=O) groups is 3. The van der Waals surface area contributed by atoms with Crippen LogP contribution in [-0.4, -0.2) is 29.3 Å². The molecule has 0 radical (unpaired) electrons. The summed E-state index contributed by atoms with van der Waals surface area (Å²) < 4.78 is 10.2. The Morgan fingerprint density at radius 1 is 0.933 bits per heavy atom. The maximum atomic E-state index is 12.0. The predicted molar refractivity (Wildman–Crippen MR) is 103 cm³/mol. The summed E-state index contributed by atoms with van der Waals surface area (Å²) in [6.07, 6.45) is 0. The van der Waals surface area contributed by atoms with E-state index < -0.39 is 29.3 Å². The van der Waals surface area contributed by atoms with Gasteiger partial charge in [0.1, 0.15) is 5.76 Å². The minimum absolute atomic E-state index is 0.0738. The highest BCUT2D eigenvalue weighted by molar-refractivity contribution is 5.95. The van der Waals surface area contributed by atoms with E-state index in [-0.39, 0.29) is 11.4 Å². The fourth-order valence-corrected chi connectivity index (χ4v) is 2.38. The number of nitro groups is 1. The third kappa shape index (κ3) is 5.07. The van der Waals surface area contributed by atoms with Crippen molar-refractivity contribution in [3.63, 3.8) is 0 Å². The molecule has 0 spiro atoms. The van der Waals surface area contributed by atoms with E-state index in [4.69, 9.17) is 9.15 Å². The predicted octanol–water partition coefficient (Wildman–Crippen LogP) is 2.47. The first-order valence-corrected chi connectivity index (χ1v) is 8.60. The van der Waals surface area contributed by atoms with Gasteiger partial charge in [0, 0.05) is 23.3 Å². The number of hydrazine groups is 1. The lowest BCUT2D eigenvalue weighted by molar-refractivity contribution is -0.384. The number of esters is 1. The highest BCUT2D eigenvalue weighted by atomic mass is 16.6. The number of nitrogens with zero attached hydrogens (tertiary/aromatic N) is 1. The number of amides is 2. The fraction of sp³-hybridized carbons (Fsp3) is 0.0500. The Labute approximate surface area is 169 Å². The van der Waals surface area contributed by atoms with Crippen molar-refractivity contribution < 1.29 is 28.5 Å². The molecule has 1 heterocycles. The lowest BCUT2D eigenvalue weighted by atomic mass is 10.1. The molecule has 30 heavy (non-hydrogen) atoms. The number of nitro benzene ring substituents is 1. The van der Waals surface area contributed by atoms with Gasteiger partial charge in [-0.25, -0.2) is 4.79 Å². The van der Waals surface area contributed by atoms with Gasteiger partial charge < -0.3 is 9.15 Å². The molecule has 0 unspecified atom stereocenters. The second-order valence-corrected chi connectivity index (χ2v) is 5.91. The summed E-state index contributed by atoms with van der Waals surface area (Å²) in [5.74, 6) is -1.99. The van der Waals surface area contributed by atoms with Crippen LogP contribution in [0.5, 0.6) is 0 Å². The quantitative estimate of drug-likeness (QED) is 0.362. The zero-order valence-corrected chi connectivity index (χ0v) is 15.4. The third-order valence-electron chi connectivity index (χ3n) is 3.86. The number of carbonyl (C=O) groups excluding carboxylic acids is 3. The maximum absolute atomic E-state index is 12.0. The smallest absolute Gasteiger partial charge is 0.374 e. The molecule has 2 aromatic carbocycles. The molecule has 0 saturated heterocycles. The summed E-state index contributed by atoms with van der Waals surface area (Å²) in [7, 11) is 0. The van der Waals surface area contributed by atoms with Gasteiger partial charge in [-0.15, -0.1) is 0 Å². The van der Waals surface area contributed by atoms with E-state index in [1.807, 2.05) is 0 Å². The Kier molecular flexibility index (Phi) is 6.18. The van der Waals surface area contributed by atoms with E-state index in [1.165, 1.54) is 36.4 Å². The molecule has 0 aliphatic carbocycles. The Morgan fingerprint density at radius 2 is 1.63 bits per heavy atom. The monoisotopic (exact) mass is 409 g/mol. The van der Waals surface area contributed by atoms with Gasteiger partial charge in [-0.05, 0) is 36.4 Å². The highest BCUT2D eigenvalue weighted by Gasteiger charge is 2.16. The van der Waals surface area contributed by atoms with Crippen LogP contribution in [0, 0.1) is 10.1 Å². The molecule has 0 aliphatic heterocycles. The highest BCUT2D eigenvalue weighted by Crippen LogP contribution is 2.24. The van der Waals surface area contributed by atoms with Gasteiger partial charge in [-0.2, -0.15) is 0 Å². The Hall–Kier alpha value is -4.47. The van der Waals surface area contributed by atoms with Crippen LogP contribution in [-0.2, 0) is 9.53 Å². The van der Waals surface area contributed by atoms with Crippen LogP contribution >= 0.6 is 0 Å². The zero-order valence-electron chi connectivity index (χ0n) is 15.4. The number of furan rings is 1. The van der Waals surface area contributed by atoms with E-state index in [1.54, 1.807) is 30.3 Å². The van der Waals surface area contributed by atoms with Crippen molar-refractivity contribution in [2.75, 3.05) is 6.61 Å². The Balaban J connectivity index is 1.50. The average Bonchev–Trinajstić information content (AvgIpc) is 3.27. The van der Waals surface area contributed by atoms with E-state index in [0.29, 0.717) is 16.9 Å². The van der Waals surface area contributed by atoms with Crippen molar-refractivity contribution in [2.45, 2.75) is 0 Å². The van der Waals surface area contributed by atoms with Gasteiger partial charge in [0.15, 0.2) is 6.61 Å². The number of hydrogen-bond acceptors (Lipinski definition) is 7. The summed E-state index contributed by atoms with van der Waals surface area (Å²) in [5.41, 5.74) is 5.14. The van der Waals surface area contributed by atoms with Crippen molar-refractivity contribution in [3.8, 4) is 11.3 Å². The van der Waals surface area contributed by atoms with Crippen LogP contribution in [0.4, 0.5) is 5.69 Å². The van der Waals surface area contributed by atoms with Gasteiger partial charge in [-0.1, -0.05) is 18.2 Å². The lowest BCUT2D eigenvalue weighted by Gasteiger charge is -2.07. The zero-order chi connectivity index (χ0) is 21.5. The van der Waals surface area contributed by atoms with E-state index in [9.17, 15) is 24.5 Å². The molecule has 0 fully saturated rings. The molecule has 3 aromatic rings. The minimum Gasteiger partial charge on any atom is -0.450 e. The van der Waals surface area contributed by atoms with Gasteiger partial charge in [0.05, 0.1) is 4.92 Å². The van der Waals surface area contributed by atoms with E-state index in [2.05, 4.69) is 10.9 Å². The molecule has 10 heteroatoms. The molecule has 2 N–H and O–H groups in total. The van der Waals surface area contributed by atoms with Crippen LogP contribution < -0.4 is 10.9 Å². The molecule has 0 aliphatic rings. The topological polar surface area (TPSA) is 141 Å². The molecule has 0 saturated carbocycles. The molecular weight excluding hydrogens is 394 g/mol. The average molecular weight is 409 g/mol. The van der Waals surface area contributed by atoms with Crippen LogP contribution in [0.1, 0.15) is 20.9 Å². The normalized spacial score (nSPS) is 10.1. The van der Waals surface area contributed by atoms with Crippen molar-refractivity contribution in [1.82, 2.24) is 10.9 Å². The second-order valence-electron chi connectivity index (χ2n) is 5.91. The summed E-state index contributed by atoms with van der Waals surface area (Å²) in [5, 5.41) is 10.7. The molecular formula is C20H15N3O7. The maximum Gasteiger partial charge on any atom is 0.374 e. The molecule has 152 valence electrons. The summed E-state index contributed by atoms with van der Waals surface area (Å²) in [6.45, 7) is -0.637. The second kappa shape index (κ2) is 9.15. The molecule has 3 rings (SSSR count). The van der Waals surface area contributed by atoms with Gasteiger partial charge in [0.25, 0.3) is 17.5 Å². The lowest BCUT2D eigenvalue weighted by Crippen LogP contribution is -2.43. The van der Waals surface area contributed by atoms with Crippen LogP contribution in [0.15, 0.2) is 71.1 Å². The SMILES string of the molecule is O=C(COC(=O)c1ccc(-c2ccc([N+](=O)[O-])cc2)o1)NNC(=O)c1ccccc1. The van der Waals surface area contributed by atoms with Crippen LogP contribution in [0.3, 0.4) is 0 Å². The largest absolute Gasteiger partial charge is 0.450 e. The van der Waals surface area contributed by atoms with Crippen molar-refractivity contribution in [1.29, 1.82) is 0 Å². The number of hydrogen-bond donors (Lipinski definition) is 2. The Bertz CT molecular complexity index is 1080. The minimum atomic E-state index is -0.882. The fourth-order valence-electron chi connectivity index (χ4n) is 2.38. The molecule has 2 amide bonds. The van der Waals surface area contributed by atoms with Gasteiger partial charge >= 0.3 is 5.97 Å². The van der Waals surface area contributed by atoms with Crippen molar-refractivity contribution in [3.05, 3.63) is 88.2 Å².